The van der Waals surface area contributed by atoms with Crippen LogP contribution in [0.5, 0.6) is 0 Å². The van der Waals surface area contributed by atoms with E-state index in [0.717, 1.165) is 0 Å². The highest BCUT2D eigenvalue weighted by atomic mass is 19.4. The Balaban J connectivity index is 3.53. The van der Waals surface area contributed by atoms with E-state index in [1.807, 2.05) is 0 Å². The average Bonchev–Trinajstić information content (AvgIpc) is 2.05. The molecule has 0 spiro atoms. The second-order valence-corrected chi connectivity index (χ2v) is 2.69. The fourth-order valence-electron chi connectivity index (χ4n) is 1.09. The quantitative estimate of drug-likeness (QED) is 0.723. The van der Waals surface area contributed by atoms with Gasteiger partial charge in [-0.05, 0) is 0 Å². The first kappa shape index (κ1) is 11.5. The highest BCUT2D eigenvalue weighted by Gasteiger charge is 2.39. The number of hydrogen-bond acceptors (Lipinski definition) is 3. The van der Waals surface area contributed by atoms with Crippen molar-refractivity contribution in [3.63, 3.8) is 0 Å². The Kier molecular flexibility index (Phi) is 2.69. The number of aromatic nitrogens is 1. The average molecular weight is 227 g/mol. The minimum absolute atomic E-state index is 0.601. The summed E-state index contributed by atoms with van der Waals surface area (Å²) < 4.78 is 61.7. The van der Waals surface area contributed by atoms with Crippen LogP contribution in [0.4, 0.5) is 33.5 Å². The maximum Gasteiger partial charge on any atom is 0.419 e. The predicted octanol–water partition coefficient (Wildman–Crippen LogP) is 2.20. The summed E-state index contributed by atoms with van der Waals surface area (Å²) in [5.41, 5.74) is 6.02. The Morgan fingerprint density at radius 1 is 1.20 bits per heavy atom. The molecule has 0 saturated carbocycles. The third kappa shape index (κ3) is 2.08. The van der Waals surface area contributed by atoms with Gasteiger partial charge < -0.3 is 11.5 Å². The van der Waals surface area contributed by atoms with Crippen LogP contribution in [-0.4, -0.2) is 4.98 Å². The Hall–Kier alpha value is -1.60. The number of rotatable bonds is 1. The van der Waals surface area contributed by atoms with Gasteiger partial charge in [-0.1, -0.05) is 0 Å². The van der Waals surface area contributed by atoms with Gasteiger partial charge in [-0.25, -0.2) is 13.8 Å². The van der Waals surface area contributed by atoms with Crippen LogP contribution in [0.1, 0.15) is 17.6 Å². The predicted molar refractivity (Wildman–Crippen MR) is 43.0 cm³/mol. The SMILES string of the molecule is Nc1cnc(N)c(C(F)F)c1C(F)(F)F. The van der Waals surface area contributed by atoms with Crippen molar-refractivity contribution in [3.05, 3.63) is 17.3 Å². The lowest BCUT2D eigenvalue weighted by molar-refractivity contribution is -0.138. The number of hydrogen-bond donors (Lipinski definition) is 2. The lowest BCUT2D eigenvalue weighted by atomic mass is 10.1. The van der Waals surface area contributed by atoms with Crippen molar-refractivity contribution in [3.8, 4) is 0 Å². The first-order chi connectivity index (χ1) is 6.75. The van der Waals surface area contributed by atoms with E-state index < -0.39 is 35.2 Å². The van der Waals surface area contributed by atoms with Crippen LogP contribution in [0.15, 0.2) is 6.20 Å². The Morgan fingerprint density at radius 2 is 1.73 bits per heavy atom. The van der Waals surface area contributed by atoms with Gasteiger partial charge >= 0.3 is 6.18 Å². The van der Waals surface area contributed by atoms with E-state index >= 15 is 0 Å². The van der Waals surface area contributed by atoms with Crippen LogP contribution in [0.25, 0.3) is 0 Å². The molecule has 1 heterocycles. The van der Waals surface area contributed by atoms with Crippen LogP contribution < -0.4 is 11.5 Å². The van der Waals surface area contributed by atoms with Gasteiger partial charge in [0.25, 0.3) is 6.43 Å². The molecule has 0 aliphatic heterocycles. The molecule has 1 rings (SSSR count). The molecular weight excluding hydrogens is 221 g/mol. The first-order valence-corrected chi connectivity index (χ1v) is 3.64. The highest BCUT2D eigenvalue weighted by molar-refractivity contribution is 5.58. The van der Waals surface area contributed by atoms with Gasteiger partial charge in [-0.3, -0.25) is 0 Å². The molecule has 84 valence electrons. The van der Waals surface area contributed by atoms with Crippen molar-refractivity contribution in [2.75, 3.05) is 11.5 Å². The molecule has 0 fully saturated rings. The van der Waals surface area contributed by atoms with Crippen LogP contribution in [-0.2, 0) is 6.18 Å². The number of pyridine rings is 1. The van der Waals surface area contributed by atoms with Crippen molar-refractivity contribution < 1.29 is 22.0 Å². The monoisotopic (exact) mass is 227 g/mol. The molecule has 8 heteroatoms. The summed E-state index contributed by atoms with van der Waals surface area (Å²) in [6, 6.07) is 0. The topological polar surface area (TPSA) is 64.9 Å². The second kappa shape index (κ2) is 3.52. The smallest absolute Gasteiger partial charge is 0.397 e. The molecule has 0 bridgehead atoms. The summed E-state index contributed by atoms with van der Waals surface area (Å²) >= 11 is 0. The van der Waals surface area contributed by atoms with Crippen molar-refractivity contribution in [1.29, 1.82) is 0 Å². The summed E-state index contributed by atoms with van der Waals surface area (Å²) in [6.07, 6.45) is -7.76. The number of alkyl halides is 5. The third-order valence-electron chi connectivity index (χ3n) is 1.68. The standard InChI is InChI=1S/C7H6F5N3/c8-5(9)3-4(7(10,11)12)2(13)1-15-6(3)14/h1,5H,13H2,(H2,14,15). The fraction of sp³-hybridized carbons (Fsp3) is 0.286. The molecule has 0 saturated heterocycles. The molecule has 0 radical (unpaired) electrons. The van der Waals surface area contributed by atoms with E-state index in [9.17, 15) is 22.0 Å². The third-order valence-corrected chi connectivity index (χ3v) is 1.68. The Morgan fingerprint density at radius 3 is 2.07 bits per heavy atom. The molecule has 0 aliphatic rings. The van der Waals surface area contributed by atoms with E-state index in [-0.39, 0.29) is 0 Å². The van der Waals surface area contributed by atoms with Crippen molar-refractivity contribution in [2.45, 2.75) is 12.6 Å². The fourth-order valence-corrected chi connectivity index (χ4v) is 1.09. The molecule has 1 aromatic heterocycles. The van der Waals surface area contributed by atoms with E-state index in [0.29, 0.717) is 6.20 Å². The largest absolute Gasteiger partial charge is 0.419 e. The van der Waals surface area contributed by atoms with E-state index in [4.69, 9.17) is 11.5 Å². The summed E-state index contributed by atoms with van der Waals surface area (Å²) in [7, 11) is 0. The number of nitrogens with zero attached hydrogens (tertiary/aromatic N) is 1. The van der Waals surface area contributed by atoms with Crippen LogP contribution in [0.2, 0.25) is 0 Å². The van der Waals surface area contributed by atoms with E-state index in [1.54, 1.807) is 0 Å². The van der Waals surface area contributed by atoms with Gasteiger partial charge in [0, 0.05) is 0 Å². The van der Waals surface area contributed by atoms with E-state index in [1.165, 1.54) is 0 Å². The van der Waals surface area contributed by atoms with Crippen LogP contribution >= 0.6 is 0 Å². The van der Waals surface area contributed by atoms with Crippen LogP contribution in [0, 0.1) is 0 Å². The van der Waals surface area contributed by atoms with E-state index in [2.05, 4.69) is 4.98 Å². The number of nitrogen functional groups attached to an aromatic ring is 2. The zero-order valence-corrected chi connectivity index (χ0v) is 7.15. The number of anilines is 2. The minimum Gasteiger partial charge on any atom is -0.397 e. The van der Waals surface area contributed by atoms with Crippen LogP contribution in [0.3, 0.4) is 0 Å². The van der Waals surface area contributed by atoms with Gasteiger partial charge in [0.1, 0.15) is 5.82 Å². The summed E-state index contributed by atoms with van der Waals surface area (Å²) in [5, 5.41) is 0. The lowest BCUT2D eigenvalue weighted by Gasteiger charge is -2.15. The molecule has 0 atom stereocenters. The second-order valence-electron chi connectivity index (χ2n) is 2.69. The van der Waals surface area contributed by atoms with Gasteiger partial charge in [-0.2, -0.15) is 13.2 Å². The number of nitrogens with two attached hydrogens (primary N) is 2. The molecule has 0 aliphatic carbocycles. The molecule has 0 amide bonds. The summed E-state index contributed by atoms with van der Waals surface area (Å²) in [5.74, 6) is -0.869. The normalized spacial score (nSPS) is 12.1. The summed E-state index contributed by atoms with van der Waals surface area (Å²) in [4.78, 5) is 3.15. The molecule has 0 aromatic carbocycles. The molecular formula is C7H6F5N3. The molecule has 4 N–H and O–H groups in total. The Bertz CT molecular complexity index is 374. The highest BCUT2D eigenvalue weighted by Crippen LogP contribution is 2.41. The van der Waals surface area contributed by atoms with Crippen molar-refractivity contribution in [1.82, 2.24) is 4.98 Å². The zero-order chi connectivity index (χ0) is 11.8. The van der Waals surface area contributed by atoms with Gasteiger partial charge in [0.2, 0.25) is 0 Å². The van der Waals surface area contributed by atoms with Gasteiger partial charge in [0.05, 0.1) is 23.0 Å². The van der Waals surface area contributed by atoms with Crippen molar-refractivity contribution in [2.24, 2.45) is 0 Å². The zero-order valence-electron chi connectivity index (χ0n) is 7.15. The summed E-state index contributed by atoms with van der Waals surface area (Å²) in [6.45, 7) is 0. The lowest BCUT2D eigenvalue weighted by Crippen LogP contribution is -2.15. The minimum atomic E-state index is -4.98. The van der Waals surface area contributed by atoms with Crippen molar-refractivity contribution >= 4 is 11.5 Å². The molecule has 3 nitrogen and oxygen atoms in total. The molecule has 0 unspecified atom stereocenters. The maximum absolute atomic E-state index is 12.4. The molecule has 1 aromatic rings. The van der Waals surface area contributed by atoms with Gasteiger partial charge in [-0.15, -0.1) is 0 Å². The first-order valence-electron chi connectivity index (χ1n) is 3.64. The maximum atomic E-state index is 12.4. The number of halogens is 5. The van der Waals surface area contributed by atoms with Gasteiger partial charge in [0.15, 0.2) is 0 Å². The molecule has 15 heavy (non-hydrogen) atoms. The Labute approximate surface area is 80.9 Å².